The van der Waals surface area contributed by atoms with Gasteiger partial charge < -0.3 is 4.74 Å². The van der Waals surface area contributed by atoms with E-state index in [9.17, 15) is 0 Å². The molecule has 0 atom stereocenters. The number of thiazole rings is 1. The highest BCUT2D eigenvalue weighted by molar-refractivity contribution is 9.10. The van der Waals surface area contributed by atoms with E-state index < -0.39 is 0 Å². The Bertz CT molecular complexity index is 711. The normalized spacial score (nSPS) is 10.9. The lowest BCUT2D eigenvalue weighted by Gasteiger charge is -2.06. The van der Waals surface area contributed by atoms with Crippen molar-refractivity contribution in [2.75, 3.05) is 0 Å². The molecule has 0 unspecified atom stereocenters. The van der Waals surface area contributed by atoms with E-state index in [1.165, 1.54) is 4.70 Å². The lowest BCUT2D eigenvalue weighted by molar-refractivity contribution is 0.305. The number of fused-ring (bicyclic) bond motifs is 1. The van der Waals surface area contributed by atoms with E-state index >= 15 is 0 Å². The number of nitrogens with zero attached hydrogens (tertiary/aromatic N) is 1. The number of aromatic nitrogens is 1. The third kappa shape index (κ3) is 2.97. The molecular formula is C15H11BrClNOS. The maximum absolute atomic E-state index is 5.88. The van der Waals surface area contributed by atoms with Gasteiger partial charge in [-0.25, -0.2) is 4.98 Å². The minimum atomic E-state index is 0.457. The molecule has 0 fully saturated rings. The highest BCUT2D eigenvalue weighted by atomic mass is 79.9. The van der Waals surface area contributed by atoms with Crippen LogP contribution in [0.15, 0.2) is 46.9 Å². The molecule has 5 heteroatoms. The molecule has 0 bridgehead atoms. The Labute approximate surface area is 134 Å². The monoisotopic (exact) mass is 367 g/mol. The summed E-state index contributed by atoms with van der Waals surface area (Å²) in [6.45, 7) is 0.475. The summed E-state index contributed by atoms with van der Waals surface area (Å²) in [6, 6.07) is 13.9. The average Bonchev–Trinajstić information content (AvgIpc) is 2.89. The van der Waals surface area contributed by atoms with Gasteiger partial charge in [-0.1, -0.05) is 28.1 Å². The summed E-state index contributed by atoms with van der Waals surface area (Å²) >= 11 is 11.0. The van der Waals surface area contributed by atoms with Crippen LogP contribution >= 0.6 is 38.9 Å². The second-order valence-electron chi connectivity index (χ2n) is 4.25. The van der Waals surface area contributed by atoms with Crippen molar-refractivity contribution in [3.05, 3.63) is 57.5 Å². The summed E-state index contributed by atoms with van der Waals surface area (Å²) < 4.78 is 7.97. The summed E-state index contributed by atoms with van der Waals surface area (Å²) in [7, 11) is 0. The molecule has 102 valence electrons. The molecule has 0 radical (unpaired) electrons. The van der Waals surface area contributed by atoms with Gasteiger partial charge in [-0.15, -0.1) is 22.9 Å². The topological polar surface area (TPSA) is 22.1 Å². The van der Waals surface area contributed by atoms with Crippen molar-refractivity contribution in [3.63, 3.8) is 0 Å². The van der Waals surface area contributed by atoms with Crippen molar-refractivity contribution in [3.8, 4) is 5.75 Å². The standard InChI is InChI=1S/C15H11BrClNOS/c16-12-6-5-11(7-10(12)8-17)19-9-15-18-13-3-1-2-4-14(13)20-15/h1-7H,8-9H2. The lowest BCUT2D eigenvalue weighted by Crippen LogP contribution is -1.95. The molecular weight excluding hydrogens is 358 g/mol. The van der Waals surface area contributed by atoms with Gasteiger partial charge in [-0.05, 0) is 35.9 Å². The van der Waals surface area contributed by atoms with Gasteiger partial charge in [0.25, 0.3) is 0 Å². The number of halogens is 2. The van der Waals surface area contributed by atoms with Gasteiger partial charge in [0.2, 0.25) is 0 Å². The van der Waals surface area contributed by atoms with Crippen molar-refractivity contribution in [2.24, 2.45) is 0 Å². The van der Waals surface area contributed by atoms with E-state index in [1.54, 1.807) is 11.3 Å². The summed E-state index contributed by atoms with van der Waals surface area (Å²) in [5.74, 6) is 1.27. The van der Waals surface area contributed by atoms with Crippen LogP contribution in [0, 0.1) is 0 Å². The van der Waals surface area contributed by atoms with Crippen LogP contribution in [0.25, 0.3) is 10.2 Å². The highest BCUT2D eigenvalue weighted by Gasteiger charge is 2.05. The van der Waals surface area contributed by atoms with Crippen LogP contribution < -0.4 is 4.74 Å². The van der Waals surface area contributed by atoms with Crippen LogP contribution in [-0.2, 0) is 12.5 Å². The Balaban J connectivity index is 1.75. The van der Waals surface area contributed by atoms with Gasteiger partial charge in [-0.3, -0.25) is 0 Å². The van der Waals surface area contributed by atoms with E-state index in [-0.39, 0.29) is 0 Å². The van der Waals surface area contributed by atoms with Crippen molar-refractivity contribution in [1.29, 1.82) is 0 Å². The number of ether oxygens (including phenoxy) is 1. The summed E-state index contributed by atoms with van der Waals surface area (Å²) in [5.41, 5.74) is 2.04. The molecule has 2 aromatic carbocycles. The first kappa shape index (κ1) is 13.9. The maximum Gasteiger partial charge on any atom is 0.140 e. The van der Waals surface area contributed by atoms with Crippen LogP contribution in [0.3, 0.4) is 0 Å². The smallest absolute Gasteiger partial charge is 0.140 e. The zero-order valence-electron chi connectivity index (χ0n) is 10.5. The van der Waals surface area contributed by atoms with Crippen molar-refractivity contribution >= 4 is 49.1 Å². The summed E-state index contributed by atoms with van der Waals surface area (Å²) in [4.78, 5) is 4.55. The number of alkyl halides is 1. The number of benzene rings is 2. The van der Waals surface area contributed by atoms with Gasteiger partial charge in [0.05, 0.1) is 10.2 Å². The molecule has 0 spiro atoms. The van der Waals surface area contributed by atoms with Crippen molar-refractivity contribution in [1.82, 2.24) is 4.98 Å². The van der Waals surface area contributed by atoms with Crippen LogP contribution in [0.4, 0.5) is 0 Å². The minimum absolute atomic E-state index is 0.457. The van der Waals surface area contributed by atoms with E-state index in [0.29, 0.717) is 12.5 Å². The molecule has 0 saturated heterocycles. The second-order valence-corrected chi connectivity index (χ2v) is 6.49. The molecule has 3 aromatic rings. The highest BCUT2D eigenvalue weighted by Crippen LogP contribution is 2.26. The molecule has 20 heavy (non-hydrogen) atoms. The van der Waals surface area contributed by atoms with E-state index in [1.807, 2.05) is 36.4 Å². The number of rotatable bonds is 4. The number of hydrogen-bond donors (Lipinski definition) is 0. The summed E-state index contributed by atoms with van der Waals surface area (Å²) in [5, 5.41) is 0.974. The molecule has 0 aliphatic carbocycles. The molecule has 0 N–H and O–H groups in total. The Morgan fingerprint density at radius 2 is 2.05 bits per heavy atom. The Kier molecular flexibility index (Phi) is 4.24. The summed E-state index contributed by atoms with van der Waals surface area (Å²) in [6.07, 6.45) is 0. The van der Waals surface area contributed by atoms with Crippen molar-refractivity contribution < 1.29 is 4.74 Å². The quantitative estimate of drug-likeness (QED) is 0.577. The van der Waals surface area contributed by atoms with Crippen LogP contribution in [0.2, 0.25) is 0 Å². The van der Waals surface area contributed by atoms with E-state index in [0.717, 1.165) is 26.3 Å². The van der Waals surface area contributed by atoms with Gasteiger partial charge in [0, 0.05) is 10.4 Å². The molecule has 3 rings (SSSR count). The number of para-hydroxylation sites is 1. The van der Waals surface area contributed by atoms with Gasteiger partial charge >= 0.3 is 0 Å². The molecule has 0 amide bonds. The average molecular weight is 369 g/mol. The fourth-order valence-corrected chi connectivity index (χ4v) is 3.52. The maximum atomic E-state index is 5.88. The molecule has 1 heterocycles. The fourth-order valence-electron chi connectivity index (χ4n) is 1.87. The first-order valence-electron chi connectivity index (χ1n) is 6.08. The van der Waals surface area contributed by atoms with Gasteiger partial charge in [0.15, 0.2) is 0 Å². The third-order valence-corrected chi connectivity index (χ3v) is 4.93. The van der Waals surface area contributed by atoms with Crippen LogP contribution in [0.1, 0.15) is 10.6 Å². The SMILES string of the molecule is ClCc1cc(OCc2nc3ccccc3s2)ccc1Br. The Morgan fingerprint density at radius 1 is 1.20 bits per heavy atom. The van der Waals surface area contributed by atoms with Crippen LogP contribution in [0.5, 0.6) is 5.75 Å². The van der Waals surface area contributed by atoms with E-state index in [2.05, 4.69) is 27.0 Å². The zero-order valence-corrected chi connectivity index (χ0v) is 13.6. The molecule has 0 aliphatic heterocycles. The van der Waals surface area contributed by atoms with Crippen LogP contribution in [-0.4, -0.2) is 4.98 Å². The van der Waals surface area contributed by atoms with Crippen molar-refractivity contribution in [2.45, 2.75) is 12.5 Å². The predicted molar refractivity (Wildman–Crippen MR) is 87.7 cm³/mol. The third-order valence-electron chi connectivity index (χ3n) is 2.86. The largest absolute Gasteiger partial charge is 0.486 e. The van der Waals surface area contributed by atoms with Gasteiger partial charge in [0.1, 0.15) is 17.4 Å². The lowest BCUT2D eigenvalue weighted by atomic mass is 10.2. The molecule has 0 aliphatic rings. The van der Waals surface area contributed by atoms with E-state index in [4.69, 9.17) is 16.3 Å². The Hall–Kier alpha value is -1.10. The molecule has 0 saturated carbocycles. The van der Waals surface area contributed by atoms with Gasteiger partial charge in [-0.2, -0.15) is 0 Å². The zero-order chi connectivity index (χ0) is 13.9. The minimum Gasteiger partial charge on any atom is -0.486 e. The molecule has 2 nitrogen and oxygen atoms in total. The second kappa shape index (κ2) is 6.12. The number of hydrogen-bond acceptors (Lipinski definition) is 3. The first-order chi connectivity index (χ1) is 9.76. The fraction of sp³-hybridized carbons (Fsp3) is 0.133. The Morgan fingerprint density at radius 3 is 2.85 bits per heavy atom. The predicted octanol–water partition coefficient (Wildman–Crippen LogP) is 5.38. The first-order valence-corrected chi connectivity index (χ1v) is 8.22. The molecule has 1 aromatic heterocycles.